The van der Waals surface area contributed by atoms with Crippen molar-refractivity contribution in [2.75, 3.05) is 32.5 Å². The van der Waals surface area contributed by atoms with Gasteiger partial charge in [0.1, 0.15) is 5.82 Å². The number of fused-ring (bicyclic) bond motifs is 1. The number of aromatic nitrogens is 2. The number of anilines is 1. The molecule has 1 aromatic rings. The molecule has 0 radical (unpaired) electrons. The van der Waals surface area contributed by atoms with Crippen LogP contribution in [0.25, 0.3) is 0 Å². The van der Waals surface area contributed by atoms with Gasteiger partial charge in [-0.25, -0.2) is 0 Å². The van der Waals surface area contributed by atoms with E-state index in [2.05, 4.69) is 20.4 Å². The fourth-order valence-corrected chi connectivity index (χ4v) is 3.32. The summed E-state index contributed by atoms with van der Waals surface area (Å²) in [7, 11) is 3.43. The van der Waals surface area contributed by atoms with Gasteiger partial charge in [-0.1, -0.05) is 0 Å². The van der Waals surface area contributed by atoms with Crippen LogP contribution in [0.3, 0.4) is 0 Å². The number of rotatable bonds is 3. The summed E-state index contributed by atoms with van der Waals surface area (Å²) >= 11 is 0. The number of piperidine rings is 1. The first-order chi connectivity index (χ1) is 10.1. The summed E-state index contributed by atoms with van der Waals surface area (Å²) in [6, 6.07) is 4.79. The fourth-order valence-electron chi connectivity index (χ4n) is 3.32. The van der Waals surface area contributed by atoms with E-state index in [0.29, 0.717) is 11.7 Å². The number of hydrogen-bond acceptors (Lipinski definition) is 5. The number of amides is 1. The summed E-state index contributed by atoms with van der Waals surface area (Å²) in [5, 5.41) is 11.6. The lowest BCUT2D eigenvalue weighted by atomic mass is 9.97. The van der Waals surface area contributed by atoms with E-state index in [1.165, 1.54) is 37.3 Å². The van der Waals surface area contributed by atoms with E-state index in [1.807, 2.05) is 6.07 Å². The molecule has 0 spiro atoms. The Morgan fingerprint density at radius 2 is 2.14 bits per heavy atom. The minimum Gasteiger partial charge on any atom is -0.366 e. The smallest absolute Gasteiger partial charge is 0.273 e. The Balaban J connectivity index is 1.59. The van der Waals surface area contributed by atoms with Crippen molar-refractivity contribution >= 4 is 11.7 Å². The Labute approximate surface area is 125 Å². The van der Waals surface area contributed by atoms with Crippen molar-refractivity contribution < 1.29 is 4.79 Å². The van der Waals surface area contributed by atoms with Gasteiger partial charge in [-0.15, -0.1) is 10.2 Å². The molecule has 0 bridgehead atoms. The second-order valence-corrected chi connectivity index (χ2v) is 6.20. The van der Waals surface area contributed by atoms with E-state index >= 15 is 0 Å². The predicted molar refractivity (Wildman–Crippen MR) is 81.3 cm³/mol. The fraction of sp³-hybridized carbons (Fsp3) is 0.667. The van der Waals surface area contributed by atoms with Crippen LogP contribution < -0.4 is 5.32 Å². The van der Waals surface area contributed by atoms with Crippen LogP contribution in [0, 0.1) is 0 Å². The third-order valence-electron chi connectivity index (χ3n) is 4.46. The minimum atomic E-state index is -0.117. The van der Waals surface area contributed by atoms with Gasteiger partial charge in [-0.3, -0.25) is 4.79 Å². The zero-order valence-corrected chi connectivity index (χ0v) is 12.7. The second kappa shape index (κ2) is 5.97. The molecule has 6 heteroatoms. The number of hydrogen-bond donors (Lipinski definition) is 1. The molecule has 0 saturated carbocycles. The summed E-state index contributed by atoms with van der Waals surface area (Å²) in [5.74, 6) is 0.648. The third-order valence-corrected chi connectivity index (χ3v) is 4.46. The maximum atomic E-state index is 11.8. The summed E-state index contributed by atoms with van der Waals surface area (Å²) in [6.45, 7) is 2.44. The Bertz CT molecular complexity index is 501. The molecule has 6 nitrogen and oxygen atoms in total. The van der Waals surface area contributed by atoms with Crippen molar-refractivity contribution in [3.63, 3.8) is 0 Å². The zero-order valence-electron chi connectivity index (χ0n) is 12.7. The molecular formula is C15H23N5O. The molecule has 0 aromatic carbocycles. The molecule has 0 aliphatic carbocycles. The first-order valence-electron chi connectivity index (χ1n) is 7.69. The summed E-state index contributed by atoms with van der Waals surface area (Å²) in [6.07, 6.45) is 4.98. The lowest BCUT2D eigenvalue weighted by molar-refractivity contribution is 0.0821. The molecule has 3 rings (SSSR count). The molecule has 21 heavy (non-hydrogen) atoms. The Morgan fingerprint density at radius 1 is 1.29 bits per heavy atom. The maximum absolute atomic E-state index is 11.8. The largest absolute Gasteiger partial charge is 0.366 e. The summed E-state index contributed by atoms with van der Waals surface area (Å²) in [5.41, 5.74) is 0.385. The van der Waals surface area contributed by atoms with Gasteiger partial charge in [-0.2, -0.15) is 0 Å². The lowest BCUT2D eigenvalue weighted by Gasteiger charge is -2.35. The topological polar surface area (TPSA) is 61.4 Å². The highest BCUT2D eigenvalue weighted by Crippen LogP contribution is 2.28. The highest BCUT2D eigenvalue weighted by Gasteiger charge is 2.31. The van der Waals surface area contributed by atoms with E-state index in [1.54, 1.807) is 20.2 Å². The van der Waals surface area contributed by atoms with Gasteiger partial charge in [0.2, 0.25) is 0 Å². The monoisotopic (exact) mass is 289 g/mol. The molecular weight excluding hydrogens is 266 g/mol. The predicted octanol–water partition coefficient (Wildman–Crippen LogP) is 1.22. The van der Waals surface area contributed by atoms with E-state index in [4.69, 9.17) is 0 Å². The van der Waals surface area contributed by atoms with Crippen molar-refractivity contribution in [2.45, 2.75) is 37.8 Å². The molecule has 1 aromatic heterocycles. The van der Waals surface area contributed by atoms with E-state index in [0.717, 1.165) is 18.3 Å². The standard InChI is InChI=1S/C15H23N5O/c1-19(2)15(21)13-5-6-14(18-17-13)16-11-7-9-20-8-3-4-12(20)10-11/h5-6,11-12H,3-4,7-10H2,1-2H3,(H,16,18). The van der Waals surface area contributed by atoms with Crippen LogP contribution in [0.5, 0.6) is 0 Å². The van der Waals surface area contributed by atoms with E-state index in [9.17, 15) is 4.79 Å². The number of carbonyl (C=O) groups excluding carboxylic acids is 1. The van der Waals surface area contributed by atoms with Crippen LogP contribution in [-0.4, -0.2) is 65.2 Å². The molecule has 1 N–H and O–H groups in total. The van der Waals surface area contributed by atoms with Crippen LogP contribution in [0.1, 0.15) is 36.2 Å². The van der Waals surface area contributed by atoms with E-state index < -0.39 is 0 Å². The number of carbonyl (C=O) groups is 1. The summed E-state index contributed by atoms with van der Waals surface area (Å²) in [4.78, 5) is 15.9. The quantitative estimate of drug-likeness (QED) is 0.906. The van der Waals surface area contributed by atoms with E-state index in [-0.39, 0.29) is 5.91 Å². The lowest BCUT2D eigenvalue weighted by Crippen LogP contribution is -2.42. The highest BCUT2D eigenvalue weighted by atomic mass is 16.2. The van der Waals surface area contributed by atoms with Crippen LogP contribution in [-0.2, 0) is 0 Å². The Morgan fingerprint density at radius 3 is 2.86 bits per heavy atom. The van der Waals surface area contributed by atoms with Gasteiger partial charge in [0.25, 0.3) is 5.91 Å². The minimum absolute atomic E-state index is 0.117. The molecule has 3 heterocycles. The van der Waals surface area contributed by atoms with Gasteiger partial charge in [0, 0.05) is 32.7 Å². The highest BCUT2D eigenvalue weighted by molar-refractivity contribution is 5.91. The van der Waals surface area contributed by atoms with Crippen LogP contribution >= 0.6 is 0 Å². The van der Waals surface area contributed by atoms with Crippen LogP contribution in [0.15, 0.2) is 12.1 Å². The molecule has 2 fully saturated rings. The van der Waals surface area contributed by atoms with Gasteiger partial charge in [-0.05, 0) is 44.4 Å². The van der Waals surface area contributed by atoms with Gasteiger partial charge in [0.15, 0.2) is 5.69 Å². The third kappa shape index (κ3) is 3.15. The first-order valence-corrected chi connectivity index (χ1v) is 7.69. The molecule has 2 atom stereocenters. The second-order valence-electron chi connectivity index (χ2n) is 6.20. The Hall–Kier alpha value is -1.69. The molecule has 114 valence electrons. The molecule has 2 saturated heterocycles. The molecule has 1 amide bonds. The van der Waals surface area contributed by atoms with Crippen molar-refractivity contribution in [1.29, 1.82) is 0 Å². The molecule has 2 unspecified atom stereocenters. The van der Waals surface area contributed by atoms with Crippen molar-refractivity contribution in [3.05, 3.63) is 17.8 Å². The van der Waals surface area contributed by atoms with Crippen molar-refractivity contribution in [3.8, 4) is 0 Å². The average Bonchev–Trinajstić information content (AvgIpc) is 2.95. The summed E-state index contributed by atoms with van der Waals surface area (Å²) < 4.78 is 0. The average molecular weight is 289 g/mol. The number of nitrogens with one attached hydrogen (secondary N) is 1. The zero-order chi connectivity index (χ0) is 14.8. The molecule has 2 aliphatic rings. The van der Waals surface area contributed by atoms with Gasteiger partial charge < -0.3 is 15.1 Å². The number of nitrogens with zero attached hydrogens (tertiary/aromatic N) is 4. The van der Waals surface area contributed by atoms with Crippen LogP contribution in [0.2, 0.25) is 0 Å². The van der Waals surface area contributed by atoms with Crippen molar-refractivity contribution in [2.24, 2.45) is 0 Å². The van der Waals surface area contributed by atoms with Crippen LogP contribution in [0.4, 0.5) is 5.82 Å². The SMILES string of the molecule is CN(C)C(=O)c1ccc(NC2CCN3CCCC3C2)nn1. The maximum Gasteiger partial charge on any atom is 0.273 e. The first kappa shape index (κ1) is 14.3. The molecule has 2 aliphatic heterocycles. The normalized spacial score (nSPS) is 25.4. The Kier molecular flexibility index (Phi) is 4.05. The van der Waals surface area contributed by atoms with Crippen molar-refractivity contribution in [1.82, 2.24) is 20.0 Å². The van der Waals surface area contributed by atoms with Gasteiger partial charge in [0.05, 0.1) is 0 Å². The van der Waals surface area contributed by atoms with Gasteiger partial charge >= 0.3 is 0 Å².